The van der Waals surface area contributed by atoms with Crippen molar-refractivity contribution >= 4 is 55.0 Å². The highest BCUT2D eigenvalue weighted by Crippen LogP contribution is 2.60. The molecule has 0 atom stereocenters. The first-order valence-corrected chi connectivity index (χ1v) is 17.1. The molecule has 2 aliphatic heterocycles. The molecule has 4 aromatic rings. The van der Waals surface area contributed by atoms with Crippen LogP contribution in [0.25, 0.3) is 23.7 Å². The van der Waals surface area contributed by atoms with E-state index in [1.54, 1.807) is 12.2 Å². The minimum atomic E-state index is -4.66. The predicted molar refractivity (Wildman–Crippen MR) is 173 cm³/mol. The van der Waals surface area contributed by atoms with Gasteiger partial charge in [0, 0.05) is 26.1 Å². The van der Waals surface area contributed by atoms with Gasteiger partial charge in [-0.3, -0.25) is 4.62 Å². The van der Waals surface area contributed by atoms with Gasteiger partial charge < -0.3 is 18.5 Å². The van der Waals surface area contributed by atoms with Crippen LogP contribution in [-0.4, -0.2) is 13.2 Å². The Balaban J connectivity index is 1.48. The van der Waals surface area contributed by atoms with Gasteiger partial charge in [-0.15, -0.1) is 0 Å². The van der Waals surface area contributed by atoms with Gasteiger partial charge in [0.05, 0.1) is 28.3 Å². The molecule has 4 aromatic carbocycles. The van der Waals surface area contributed by atoms with Gasteiger partial charge in [-0.05, 0) is 78.7 Å². The lowest BCUT2D eigenvalue weighted by atomic mass is 10.1. The van der Waals surface area contributed by atoms with Gasteiger partial charge in [-0.1, -0.05) is 72.1 Å². The van der Waals surface area contributed by atoms with Crippen molar-refractivity contribution in [3.63, 3.8) is 0 Å². The lowest BCUT2D eigenvalue weighted by molar-refractivity contribution is 0.184. The highest BCUT2D eigenvalue weighted by Gasteiger charge is 2.39. The molecular weight excluding hydrogens is 631 g/mol. The number of nitrogens with one attached hydrogen (secondary N) is 1. The summed E-state index contributed by atoms with van der Waals surface area (Å²) < 4.78 is 44.3. The second kappa shape index (κ2) is 13.6. The Kier molecular flexibility index (Phi) is 9.25. The van der Waals surface area contributed by atoms with Crippen LogP contribution >= 0.6 is 31.3 Å². The van der Waals surface area contributed by atoms with E-state index in [4.69, 9.17) is 28.7 Å². The SMILES string of the molecule is CCOc1cccc2c1Sc1ccccc1C=C2OP(=O)(O/N=N/N=N)OC1=Cc2ccccc2Sc2c(OCC)cccc21. The van der Waals surface area contributed by atoms with Crippen LogP contribution in [0.5, 0.6) is 11.5 Å². The maximum atomic E-state index is 14.6. The van der Waals surface area contributed by atoms with Crippen LogP contribution in [0.15, 0.2) is 120 Å². The first kappa shape index (κ1) is 30.5. The third-order valence-electron chi connectivity index (χ3n) is 6.56. The summed E-state index contributed by atoms with van der Waals surface area (Å²) in [5.41, 5.74) is 9.91. The van der Waals surface area contributed by atoms with Gasteiger partial charge in [0.1, 0.15) is 23.0 Å². The van der Waals surface area contributed by atoms with Crippen LogP contribution < -0.4 is 9.47 Å². The quantitative estimate of drug-likeness (QED) is 0.0959. The highest BCUT2D eigenvalue weighted by molar-refractivity contribution is 8.00. The number of fused-ring (bicyclic) bond motifs is 4. The maximum Gasteiger partial charge on any atom is 0.669 e. The van der Waals surface area contributed by atoms with E-state index in [2.05, 4.69) is 15.7 Å². The predicted octanol–water partition coefficient (Wildman–Crippen LogP) is 10.6. The summed E-state index contributed by atoms with van der Waals surface area (Å²) in [4.78, 5) is 3.45. The molecule has 2 heterocycles. The smallest absolute Gasteiger partial charge is 0.493 e. The van der Waals surface area contributed by atoms with E-state index in [-0.39, 0.29) is 11.5 Å². The van der Waals surface area contributed by atoms with Gasteiger partial charge in [0.2, 0.25) is 0 Å². The van der Waals surface area contributed by atoms with E-state index < -0.39 is 7.82 Å². The molecule has 45 heavy (non-hydrogen) atoms. The van der Waals surface area contributed by atoms with E-state index in [9.17, 15) is 4.57 Å². The number of phosphoric ester groups is 1. The van der Waals surface area contributed by atoms with Crippen molar-refractivity contribution < 1.29 is 27.7 Å². The first-order chi connectivity index (χ1) is 22.0. The molecule has 0 radical (unpaired) electrons. The summed E-state index contributed by atoms with van der Waals surface area (Å²) in [7, 11) is -4.66. The van der Waals surface area contributed by atoms with Crippen LogP contribution in [0.1, 0.15) is 36.1 Å². The molecule has 0 aromatic heterocycles. The summed E-state index contributed by atoms with van der Waals surface area (Å²) in [5, 5.41) is 9.41. The number of benzene rings is 4. The minimum absolute atomic E-state index is 0.206. The fourth-order valence-corrected chi connectivity index (χ4v) is 7.98. The highest BCUT2D eigenvalue weighted by atomic mass is 32.2. The van der Waals surface area contributed by atoms with Gasteiger partial charge in [-0.25, -0.2) is 0 Å². The number of hydrogen-bond donors (Lipinski definition) is 1. The molecule has 0 aliphatic carbocycles. The largest absolute Gasteiger partial charge is 0.669 e. The zero-order valence-corrected chi connectivity index (χ0v) is 26.7. The molecular formula is C32H27N4O6PS2. The third-order valence-corrected chi connectivity index (χ3v) is 10.1. The lowest BCUT2D eigenvalue weighted by Gasteiger charge is -2.21. The van der Waals surface area contributed by atoms with Crippen LogP contribution in [0.2, 0.25) is 0 Å². The van der Waals surface area contributed by atoms with E-state index in [1.807, 2.05) is 98.8 Å². The molecule has 10 nitrogen and oxygen atoms in total. The number of phosphoric acid groups is 1. The first-order valence-electron chi connectivity index (χ1n) is 14.0. The molecule has 0 spiro atoms. The van der Waals surface area contributed by atoms with Crippen molar-refractivity contribution in [3.05, 3.63) is 107 Å². The molecule has 2 aliphatic rings. The van der Waals surface area contributed by atoms with E-state index in [0.717, 1.165) is 30.7 Å². The summed E-state index contributed by atoms with van der Waals surface area (Å²) in [6.45, 7) is 4.73. The fourth-order valence-electron chi connectivity index (χ4n) is 4.74. The number of hydrogen-bond acceptors (Lipinski definition) is 10. The zero-order valence-electron chi connectivity index (χ0n) is 24.2. The van der Waals surface area contributed by atoms with Gasteiger partial charge in [0.25, 0.3) is 0 Å². The van der Waals surface area contributed by atoms with Gasteiger partial charge >= 0.3 is 7.82 Å². The minimum Gasteiger partial charge on any atom is -0.493 e. The maximum absolute atomic E-state index is 14.6. The monoisotopic (exact) mass is 658 g/mol. The summed E-state index contributed by atoms with van der Waals surface area (Å²) in [6, 6.07) is 26.6. The molecule has 6 rings (SSSR count). The summed E-state index contributed by atoms with van der Waals surface area (Å²) in [6.07, 6.45) is 3.53. The Morgan fingerprint density at radius 1 is 0.689 bits per heavy atom. The second-order valence-electron chi connectivity index (χ2n) is 9.41. The normalized spacial score (nSPS) is 13.5. The van der Waals surface area contributed by atoms with E-state index in [0.29, 0.717) is 35.8 Å². The van der Waals surface area contributed by atoms with Crippen molar-refractivity contribution in [2.75, 3.05) is 13.2 Å². The number of ether oxygens (including phenoxy) is 2. The van der Waals surface area contributed by atoms with Crippen LogP contribution in [0.3, 0.4) is 0 Å². The average Bonchev–Trinajstić information content (AvgIpc) is 3.30. The van der Waals surface area contributed by atoms with Crippen molar-refractivity contribution in [2.45, 2.75) is 33.4 Å². The third kappa shape index (κ3) is 6.63. The van der Waals surface area contributed by atoms with Crippen LogP contribution in [0, 0.1) is 5.53 Å². The Morgan fingerprint density at radius 3 is 1.64 bits per heavy atom. The van der Waals surface area contributed by atoms with Crippen molar-refractivity contribution in [1.82, 2.24) is 0 Å². The second-order valence-corrected chi connectivity index (χ2v) is 12.9. The summed E-state index contributed by atoms with van der Waals surface area (Å²) >= 11 is 3.02. The molecule has 0 unspecified atom stereocenters. The molecule has 0 amide bonds. The van der Waals surface area contributed by atoms with Gasteiger partial charge in [-0.2, -0.15) is 10.1 Å². The molecule has 0 fully saturated rings. The fraction of sp³-hybridized carbons (Fsp3) is 0.125. The summed E-state index contributed by atoms with van der Waals surface area (Å²) in [5.74, 6) is 1.70. The molecule has 0 bridgehead atoms. The van der Waals surface area contributed by atoms with E-state index in [1.165, 1.54) is 23.5 Å². The number of rotatable bonds is 11. The standard InChI is InChI=1S/C32H27N4O6PS2/c1-3-38-25-15-9-13-23-27(19-21-11-5-7-17-29(21)44-31(23)25)40-43(37,42-36-35-34-33)41-28-20-22-12-6-8-18-30(22)45-32-24(28)14-10-16-26(32)39-4-2/h5-20,33H,3-4H2,1-2H3/b34-33?,36-35+. The Morgan fingerprint density at radius 2 is 1.18 bits per heavy atom. The number of nitrogens with zero attached hydrogens (tertiary/aromatic N) is 3. The Hall–Kier alpha value is -4.51. The average molecular weight is 659 g/mol. The Bertz CT molecular complexity index is 1770. The zero-order chi connectivity index (χ0) is 31.2. The van der Waals surface area contributed by atoms with E-state index >= 15 is 0 Å². The molecule has 1 N–H and O–H groups in total. The van der Waals surface area contributed by atoms with Crippen LogP contribution in [-0.2, 0) is 18.2 Å². The van der Waals surface area contributed by atoms with Crippen molar-refractivity contribution in [3.8, 4) is 11.5 Å². The topological polar surface area (TPSA) is 124 Å². The molecule has 228 valence electrons. The lowest BCUT2D eigenvalue weighted by Crippen LogP contribution is -2.01. The Labute approximate surface area is 268 Å². The van der Waals surface area contributed by atoms with Gasteiger partial charge in [0.15, 0.2) is 0 Å². The molecule has 0 saturated heterocycles. The molecule has 0 saturated carbocycles. The van der Waals surface area contributed by atoms with Crippen molar-refractivity contribution in [1.29, 1.82) is 5.53 Å². The molecule has 13 heteroatoms. The van der Waals surface area contributed by atoms with Crippen molar-refractivity contribution in [2.24, 2.45) is 15.7 Å². The van der Waals surface area contributed by atoms with Crippen LogP contribution in [0.4, 0.5) is 0 Å².